The summed E-state index contributed by atoms with van der Waals surface area (Å²) in [5, 5.41) is 3.79. The summed E-state index contributed by atoms with van der Waals surface area (Å²) in [6, 6.07) is 7.82. The number of nitrogens with zero attached hydrogens (tertiary/aromatic N) is 4. The van der Waals surface area contributed by atoms with E-state index in [1.165, 1.54) is 19.3 Å². The summed E-state index contributed by atoms with van der Waals surface area (Å²) >= 11 is 5.92. The lowest BCUT2D eigenvalue weighted by atomic mass is 9.96. The summed E-state index contributed by atoms with van der Waals surface area (Å²) in [6.45, 7) is 4.30. The third-order valence-corrected chi connectivity index (χ3v) is 6.10. The van der Waals surface area contributed by atoms with Crippen molar-refractivity contribution in [1.82, 2.24) is 15.3 Å². The van der Waals surface area contributed by atoms with Crippen molar-refractivity contribution in [2.75, 3.05) is 36.0 Å². The second-order valence-electron chi connectivity index (χ2n) is 7.85. The first-order valence-electron chi connectivity index (χ1n) is 10.5. The Morgan fingerprint density at radius 3 is 2.55 bits per heavy atom. The molecule has 1 amide bonds. The fraction of sp³-hybridized carbons (Fsp3) is 0.500. The van der Waals surface area contributed by atoms with Crippen LogP contribution in [0.3, 0.4) is 0 Å². The average Bonchev–Trinajstić information content (AvgIpc) is 2.79. The first-order chi connectivity index (χ1) is 14.2. The monoisotopic (exact) mass is 413 g/mol. The van der Waals surface area contributed by atoms with Gasteiger partial charge in [0.2, 0.25) is 5.91 Å². The van der Waals surface area contributed by atoms with Crippen LogP contribution in [0.15, 0.2) is 36.7 Å². The lowest BCUT2D eigenvalue weighted by molar-refractivity contribution is -0.125. The molecule has 0 spiro atoms. The lowest BCUT2D eigenvalue weighted by Crippen LogP contribution is -2.41. The van der Waals surface area contributed by atoms with Crippen molar-refractivity contribution in [2.24, 2.45) is 5.92 Å². The Labute approximate surface area is 177 Å². The maximum atomic E-state index is 12.8. The van der Waals surface area contributed by atoms with Crippen LogP contribution in [-0.4, -0.2) is 42.1 Å². The highest BCUT2D eigenvalue weighted by Gasteiger charge is 2.26. The normalized spacial score (nSPS) is 18.0. The van der Waals surface area contributed by atoms with Gasteiger partial charge in [-0.15, -0.1) is 0 Å². The summed E-state index contributed by atoms with van der Waals surface area (Å²) in [7, 11) is 0. The molecule has 0 saturated carbocycles. The number of pyridine rings is 2. The third-order valence-electron chi connectivity index (χ3n) is 5.88. The molecule has 2 aliphatic rings. The van der Waals surface area contributed by atoms with E-state index in [9.17, 15) is 4.79 Å². The van der Waals surface area contributed by atoms with Gasteiger partial charge in [-0.2, -0.15) is 0 Å². The van der Waals surface area contributed by atoms with E-state index in [1.54, 1.807) is 6.20 Å². The molecule has 0 aliphatic carbocycles. The van der Waals surface area contributed by atoms with Crippen molar-refractivity contribution in [3.05, 3.63) is 47.2 Å². The maximum Gasteiger partial charge on any atom is 0.223 e. The number of hydrogen-bond acceptors (Lipinski definition) is 5. The minimum atomic E-state index is 0.0497. The van der Waals surface area contributed by atoms with Crippen LogP contribution >= 0.6 is 11.6 Å². The summed E-state index contributed by atoms with van der Waals surface area (Å²) in [5.41, 5.74) is 1.10. The molecule has 0 unspecified atom stereocenters. The van der Waals surface area contributed by atoms with E-state index in [0.717, 1.165) is 56.2 Å². The molecule has 2 fully saturated rings. The van der Waals surface area contributed by atoms with Crippen molar-refractivity contribution in [3.63, 3.8) is 0 Å². The summed E-state index contributed by atoms with van der Waals surface area (Å²) in [5.74, 6) is 2.14. The van der Waals surface area contributed by atoms with Crippen molar-refractivity contribution < 1.29 is 4.79 Å². The quantitative estimate of drug-likeness (QED) is 0.810. The number of rotatable bonds is 5. The molecule has 1 N–H and O–H groups in total. The zero-order valence-corrected chi connectivity index (χ0v) is 17.4. The molecular formula is C22H28ClN5O. The van der Waals surface area contributed by atoms with Gasteiger partial charge in [0.25, 0.3) is 0 Å². The Balaban J connectivity index is 1.30. The second-order valence-corrected chi connectivity index (χ2v) is 8.28. The zero-order chi connectivity index (χ0) is 20.1. The van der Waals surface area contributed by atoms with Gasteiger partial charge in [-0.3, -0.25) is 4.79 Å². The van der Waals surface area contributed by atoms with Gasteiger partial charge in [0, 0.05) is 56.6 Å². The second kappa shape index (κ2) is 9.44. The molecule has 2 saturated heterocycles. The maximum absolute atomic E-state index is 12.8. The number of carbonyl (C=O) groups excluding carboxylic acids is 1. The average molecular weight is 414 g/mol. The van der Waals surface area contributed by atoms with Gasteiger partial charge in [-0.25, -0.2) is 9.97 Å². The van der Waals surface area contributed by atoms with Crippen LogP contribution in [0.4, 0.5) is 11.6 Å². The zero-order valence-electron chi connectivity index (χ0n) is 16.7. The van der Waals surface area contributed by atoms with Crippen LogP contribution in [0.1, 0.15) is 37.7 Å². The van der Waals surface area contributed by atoms with Gasteiger partial charge in [0.1, 0.15) is 11.6 Å². The molecule has 4 rings (SSSR count). The number of halogens is 1. The number of carbonyl (C=O) groups is 1. The molecular weight excluding hydrogens is 386 g/mol. The van der Waals surface area contributed by atoms with E-state index < -0.39 is 0 Å². The minimum absolute atomic E-state index is 0.0497. The molecule has 0 radical (unpaired) electrons. The third kappa shape index (κ3) is 4.99. The number of hydrogen-bond donors (Lipinski definition) is 1. The molecule has 0 atom stereocenters. The lowest BCUT2D eigenvalue weighted by Gasteiger charge is -2.32. The summed E-state index contributed by atoms with van der Waals surface area (Å²) in [4.78, 5) is 26.3. The van der Waals surface area contributed by atoms with Crippen LogP contribution < -0.4 is 15.1 Å². The van der Waals surface area contributed by atoms with Crippen molar-refractivity contribution in [2.45, 2.75) is 38.6 Å². The Hall–Kier alpha value is -2.34. The molecule has 2 aliphatic heterocycles. The summed E-state index contributed by atoms with van der Waals surface area (Å²) < 4.78 is 0. The first-order valence-corrected chi connectivity index (χ1v) is 10.9. The number of amides is 1. The predicted octanol–water partition coefficient (Wildman–Crippen LogP) is 3.65. The van der Waals surface area contributed by atoms with E-state index >= 15 is 0 Å². The van der Waals surface area contributed by atoms with Crippen LogP contribution in [0, 0.1) is 5.92 Å². The van der Waals surface area contributed by atoms with Gasteiger partial charge >= 0.3 is 0 Å². The van der Waals surface area contributed by atoms with Gasteiger partial charge in [-0.05, 0) is 50.3 Å². The smallest absolute Gasteiger partial charge is 0.223 e. The number of piperidine rings is 2. The fourth-order valence-electron chi connectivity index (χ4n) is 4.21. The van der Waals surface area contributed by atoms with E-state index in [0.29, 0.717) is 11.6 Å². The standard InChI is InChI=1S/C22H28ClN5O/c23-19-6-7-20(25-16-19)27-13-8-17(9-14-27)22(29)26-15-18-5-4-10-24-21(18)28-11-2-1-3-12-28/h4-7,10,16-17H,1-3,8-9,11-15H2,(H,26,29). The van der Waals surface area contributed by atoms with Crippen LogP contribution in [0.25, 0.3) is 0 Å². The molecule has 2 aromatic rings. The molecule has 29 heavy (non-hydrogen) atoms. The van der Waals surface area contributed by atoms with Crippen molar-refractivity contribution in [3.8, 4) is 0 Å². The molecule has 7 heteroatoms. The molecule has 2 aromatic heterocycles. The largest absolute Gasteiger partial charge is 0.357 e. The van der Waals surface area contributed by atoms with E-state index in [2.05, 4.69) is 31.2 Å². The number of aromatic nitrogens is 2. The molecule has 6 nitrogen and oxygen atoms in total. The molecule has 0 aromatic carbocycles. The highest BCUT2D eigenvalue weighted by atomic mass is 35.5. The predicted molar refractivity (Wildman–Crippen MR) is 116 cm³/mol. The Bertz CT molecular complexity index is 814. The number of nitrogens with one attached hydrogen (secondary N) is 1. The Kier molecular flexibility index (Phi) is 6.49. The van der Waals surface area contributed by atoms with E-state index in [1.807, 2.05) is 24.4 Å². The van der Waals surface area contributed by atoms with Gasteiger partial charge in [0.15, 0.2) is 0 Å². The fourth-order valence-corrected chi connectivity index (χ4v) is 4.32. The van der Waals surface area contributed by atoms with E-state index in [-0.39, 0.29) is 11.8 Å². The SMILES string of the molecule is O=C(NCc1cccnc1N1CCCCC1)C1CCN(c2ccc(Cl)cn2)CC1. The Morgan fingerprint density at radius 2 is 1.83 bits per heavy atom. The Morgan fingerprint density at radius 1 is 1.03 bits per heavy atom. The van der Waals surface area contributed by atoms with Crippen LogP contribution in [0.5, 0.6) is 0 Å². The van der Waals surface area contributed by atoms with Gasteiger partial charge < -0.3 is 15.1 Å². The molecule has 4 heterocycles. The van der Waals surface area contributed by atoms with Crippen molar-refractivity contribution in [1.29, 1.82) is 0 Å². The highest BCUT2D eigenvalue weighted by molar-refractivity contribution is 6.30. The molecule has 154 valence electrons. The number of anilines is 2. The van der Waals surface area contributed by atoms with Crippen molar-refractivity contribution >= 4 is 29.1 Å². The first kappa shape index (κ1) is 20.0. The van der Waals surface area contributed by atoms with E-state index in [4.69, 9.17) is 11.6 Å². The van der Waals surface area contributed by atoms with Crippen LogP contribution in [-0.2, 0) is 11.3 Å². The summed E-state index contributed by atoms with van der Waals surface area (Å²) in [6.07, 6.45) is 8.90. The topological polar surface area (TPSA) is 61.4 Å². The van der Waals surface area contributed by atoms with Crippen LogP contribution in [0.2, 0.25) is 5.02 Å². The highest BCUT2D eigenvalue weighted by Crippen LogP contribution is 2.24. The van der Waals surface area contributed by atoms with Gasteiger partial charge in [-0.1, -0.05) is 17.7 Å². The van der Waals surface area contributed by atoms with Gasteiger partial charge in [0.05, 0.1) is 5.02 Å². The molecule has 0 bridgehead atoms. The minimum Gasteiger partial charge on any atom is -0.357 e.